The lowest BCUT2D eigenvalue weighted by atomic mass is 10.0. The van der Waals surface area contributed by atoms with Crippen molar-refractivity contribution in [2.75, 3.05) is 12.4 Å². The van der Waals surface area contributed by atoms with Crippen molar-refractivity contribution in [2.24, 2.45) is 0 Å². The standard InChI is InChI=1S/C20H22ClNO5/c1-12(23)3-10-18(24)16-11-14(21)6-9-17(16)22-19(20(25)26)13-4-7-15(27-2)8-5-13/h4-9,11-12,19,22-23H,3,10H2,1-2H3,(H,25,26). The molecule has 0 heterocycles. The highest BCUT2D eigenvalue weighted by Gasteiger charge is 2.22. The molecule has 0 amide bonds. The summed E-state index contributed by atoms with van der Waals surface area (Å²) in [5, 5.41) is 22.3. The third kappa shape index (κ3) is 5.70. The van der Waals surface area contributed by atoms with Crippen molar-refractivity contribution in [3.05, 3.63) is 58.6 Å². The normalized spacial score (nSPS) is 12.9. The smallest absolute Gasteiger partial charge is 0.330 e. The predicted molar refractivity (Wildman–Crippen MR) is 104 cm³/mol. The number of rotatable bonds is 9. The van der Waals surface area contributed by atoms with Gasteiger partial charge in [-0.05, 0) is 49.2 Å². The summed E-state index contributed by atoms with van der Waals surface area (Å²) in [6.07, 6.45) is -0.158. The maximum Gasteiger partial charge on any atom is 0.330 e. The lowest BCUT2D eigenvalue weighted by Crippen LogP contribution is -2.22. The monoisotopic (exact) mass is 391 g/mol. The first kappa shape index (κ1) is 20.7. The largest absolute Gasteiger partial charge is 0.497 e. The Hall–Kier alpha value is -2.57. The fourth-order valence-corrected chi connectivity index (χ4v) is 2.76. The molecule has 2 atom stereocenters. The molecular formula is C20H22ClNO5. The topological polar surface area (TPSA) is 95.9 Å². The van der Waals surface area contributed by atoms with Gasteiger partial charge in [0.2, 0.25) is 0 Å². The number of methoxy groups -OCH3 is 1. The third-order valence-electron chi connectivity index (χ3n) is 4.07. The molecule has 2 aromatic rings. The van der Waals surface area contributed by atoms with Gasteiger partial charge in [0.15, 0.2) is 11.8 Å². The molecule has 2 unspecified atom stereocenters. The van der Waals surface area contributed by atoms with Crippen LogP contribution in [0.15, 0.2) is 42.5 Å². The molecule has 0 fully saturated rings. The van der Waals surface area contributed by atoms with E-state index in [-0.39, 0.29) is 12.2 Å². The van der Waals surface area contributed by atoms with Crippen LogP contribution in [0.3, 0.4) is 0 Å². The van der Waals surface area contributed by atoms with E-state index in [9.17, 15) is 19.8 Å². The van der Waals surface area contributed by atoms with Crippen LogP contribution in [0, 0.1) is 0 Å². The molecule has 3 N–H and O–H groups in total. The number of carbonyl (C=O) groups excluding carboxylic acids is 1. The molecule has 0 spiro atoms. The SMILES string of the molecule is COc1ccc(C(Nc2ccc(Cl)cc2C(=O)CCC(C)O)C(=O)O)cc1. The summed E-state index contributed by atoms with van der Waals surface area (Å²) in [6.45, 7) is 1.61. The number of aliphatic hydroxyl groups excluding tert-OH is 1. The van der Waals surface area contributed by atoms with Crippen LogP contribution in [0.2, 0.25) is 5.02 Å². The molecule has 6 nitrogen and oxygen atoms in total. The van der Waals surface area contributed by atoms with Crippen molar-refractivity contribution in [3.8, 4) is 5.75 Å². The van der Waals surface area contributed by atoms with Gasteiger partial charge in [-0.1, -0.05) is 23.7 Å². The van der Waals surface area contributed by atoms with Crippen LogP contribution in [-0.4, -0.2) is 35.2 Å². The van der Waals surface area contributed by atoms with Crippen molar-refractivity contribution >= 4 is 29.0 Å². The van der Waals surface area contributed by atoms with Crippen molar-refractivity contribution < 1.29 is 24.5 Å². The Balaban J connectivity index is 2.31. The highest BCUT2D eigenvalue weighted by atomic mass is 35.5. The zero-order valence-corrected chi connectivity index (χ0v) is 15.9. The molecule has 0 radical (unpaired) electrons. The second-order valence-electron chi connectivity index (χ2n) is 6.19. The number of Topliss-reactive ketones (excluding diaryl/α,β-unsaturated/α-hetero) is 1. The lowest BCUT2D eigenvalue weighted by Gasteiger charge is -2.19. The summed E-state index contributed by atoms with van der Waals surface area (Å²) >= 11 is 6.01. The molecule has 144 valence electrons. The van der Waals surface area contributed by atoms with E-state index < -0.39 is 18.1 Å². The third-order valence-corrected chi connectivity index (χ3v) is 4.30. The maximum atomic E-state index is 12.5. The van der Waals surface area contributed by atoms with E-state index in [1.165, 1.54) is 13.2 Å². The number of anilines is 1. The molecule has 2 aromatic carbocycles. The minimum Gasteiger partial charge on any atom is -0.497 e. The number of ether oxygens (including phenoxy) is 1. The number of halogens is 1. The molecular weight excluding hydrogens is 370 g/mol. The Labute approximate surface area is 162 Å². The highest BCUT2D eigenvalue weighted by Crippen LogP contribution is 2.28. The van der Waals surface area contributed by atoms with E-state index >= 15 is 0 Å². The average molecular weight is 392 g/mol. The van der Waals surface area contributed by atoms with E-state index in [4.69, 9.17) is 16.3 Å². The molecule has 0 aliphatic carbocycles. The predicted octanol–water partition coefficient (Wildman–Crippen LogP) is 3.93. The van der Waals surface area contributed by atoms with Gasteiger partial charge in [-0.2, -0.15) is 0 Å². The quantitative estimate of drug-likeness (QED) is 0.560. The van der Waals surface area contributed by atoms with Crippen LogP contribution >= 0.6 is 11.6 Å². The first-order valence-electron chi connectivity index (χ1n) is 8.46. The number of aliphatic carboxylic acids is 1. The van der Waals surface area contributed by atoms with E-state index in [0.29, 0.717) is 34.0 Å². The van der Waals surface area contributed by atoms with Crippen LogP contribution < -0.4 is 10.1 Å². The van der Waals surface area contributed by atoms with Gasteiger partial charge in [-0.25, -0.2) is 4.79 Å². The number of hydrogen-bond acceptors (Lipinski definition) is 5. The number of benzene rings is 2. The average Bonchev–Trinajstić information content (AvgIpc) is 2.64. The van der Waals surface area contributed by atoms with Gasteiger partial charge in [0, 0.05) is 22.7 Å². The van der Waals surface area contributed by atoms with Gasteiger partial charge in [0.05, 0.1) is 13.2 Å². The first-order chi connectivity index (χ1) is 12.8. The van der Waals surface area contributed by atoms with Gasteiger partial charge in [-0.3, -0.25) is 4.79 Å². The molecule has 0 bridgehead atoms. The molecule has 7 heteroatoms. The van der Waals surface area contributed by atoms with Crippen LogP contribution in [0.5, 0.6) is 5.75 Å². The van der Waals surface area contributed by atoms with E-state index in [1.54, 1.807) is 43.3 Å². The fraction of sp³-hybridized carbons (Fsp3) is 0.300. The molecule has 27 heavy (non-hydrogen) atoms. The Bertz CT molecular complexity index is 805. The zero-order valence-electron chi connectivity index (χ0n) is 15.1. The van der Waals surface area contributed by atoms with Crippen LogP contribution in [0.25, 0.3) is 0 Å². The number of aliphatic hydroxyl groups is 1. The van der Waals surface area contributed by atoms with Crippen molar-refractivity contribution in [2.45, 2.75) is 31.9 Å². The second-order valence-corrected chi connectivity index (χ2v) is 6.63. The molecule has 0 saturated heterocycles. The molecule has 0 aliphatic heterocycles. The summed E-state index contributed by atoms with van der Waals surface area (Å²) in [4.78, 5) is 24.3. The van der Waals surface area contributed by atoms with Crippen molar-refractivity contribution in [3.63, 3.8) is 0 Å². The van der Waals surface area contributed by atoms with E-state index in [0.717, 1.165) is 0 Å². The van der Waals surface area contributed by atoms with E-state index in [1.807, 2.05) is 0 Å². The number of carboxylic acid groups (broad SMARTS) is 1. The summed E-state index contributed by atoms with van der Waals surface area (Å²) in [6, 6.07) is 10.2. The summed E-state index contributed by atoms with van der Waals surface area (Å²) in [5.74, 6) is -0.694. The summed E-state index contributed by atoms with van der Waals surface area (Å²) < 4.78 is 5.09. The summed E-state index contributed by atoms with van der Waals surface area (Å²) in [7, 11) is 1.53. The van der Waals surface area contributed by atoms with Crippen LogP contribution in [0.1, 0.15) is 41.7 Å². The van der Waals surface area contributed by atoms with Crippen LogP contribution in [0.4, 0.5) is 5.69 Å². The Kier molecular flexibility index (Phi) is 7.21. The van der Waals surface area contributed by atoms with E-state index in [2.05, 4.69) is 5.32 Å². The van der Waals surface area contributed by atoms with Gasteiger partial charge in [0.25, 0.3) is 0 Å². The number of ketones is 1. The number of carboxylic acids is 1. The van der Waals surface area contributed by atoms with Gasteiger partial charge < -0.3 is 20.3 Å². The summed E-state index contributed by atoms with van der Waals surface area (Å²) in [5.41, 5.74) is 1.18. The minimum atomic E-state index is -1.09. The second kappa shape index (κ2) is 9.39. The number of hydrogen-bond donors (Lipinski definition) is 3. The Morgan fingerprint density at radius 2 is 1.85 bits per heavy atom. The van der Waals surface area contributed by atoms with Gasteiger partial charge in [0.1, 0.15) is 5.75 Å². The molecule has 0 saturated carbocycles. The Morgan fingerprint density at radius 3 is 2.41 bits per heavy atom. The van der Waals surface area contributed by atoms with Gasteiger partial charge in [-0.15, -0.1) is 0 Å². The minimum absolute atomic E-state index is 0.132. The van der Waals surface area contributed by atoms with Crippen molar-refractivity contribution in [1.29, 1.82) is 0 Å². The van der Waals surface area contributed by atoms with Gasteiger partial charge >= 0.3 is 5.97 Å². The number of nitrogens with one attached hydrogen (secondary N) is 1. The zero-order chi connectivity index (χ0) is 20.0. The molecule has 0 aliphatic rings. The molecule has 0 aromatic heterocycles. The fourth-order valence-electron chi connectivity index (χ4n) is 2.59. The number of carbonyl (C=O) groups is 2. The highest BCUT2D eigenvalue weighted by molar-refractivity contribution is 6.31. The molecule has 2 rings (SSSR count). The first-order valence-corrected chi connectivity index (χ1v) is 8.83. The Morgan fingerprint density at radius 1 is 1.19 bits per heavy atom. The van der Waals surface area contributed by atoms with Crippen molar-refractivity contribution in [1.82, 2.24) is 0 Å². The van der Waals surface area contributed by atoms with Crippen LogP contribution in [-0.2, 0) is 4.79 Å². The maximum absolute atomic E-state index is 12.5. The lowest BCUT2D eigenvalue weighted by molar-refractivity contribution is -0.138.